The summed E-state index contributed by atoms with van der Waals surface area (Å²) in [5.41, 5.74) is -0.585. The summed E-state index contributed by atoms with van der Waals surface area (Å²) in [6, 6.07) is 2.18. The molecule has 0 saturated heterocycles. The Balaban J connectivity index is 3.34. The average molecular weight is 248 g/mol. The molecule has 0 aliphatic rings. The highest BCUT2D eigenvalue weighted by atomic mass is 19.4. The van der Waals surface area contributed by atoms with Gasteiger partial charge in [0, 0.05) is 0 Å². The van der Waals surface area contributed by atoms with Crippen molar-refractivity contribution in [3.8, 4) is 5.75 Å². The summed E-state index contributed by atoms with van der Waals surface area (Å²) in [6.45, 7) is 1.44. The van der Waals surface area contributed by atoms with Gasteiger partial charge in [-0.05, 0) is 24.1 Å². The number of ether oxygens (including phenoxy) is 1. The van der Waals surface area contributed by atoms with Gasteiger partial charge in [-0.2, -0.15) is 13.2 Å². The number of carboxylic acids is 1. The molecule has 0 saturated carbocycles. The van der Waals surface area contributed by atoms with E-state index in [1.54, 1.807) is 0 Å². The predicted octanol–water partition coefficient (Wildman–Crippen LogP) is 2.65. The number of aliphatic carboxylic acids is 1. The van der Waals surface area contributed by atoms with Gasteiger partial charge in [0.2, 0.25) is 0 Å². The summed E-state index contributed by atoms with van der Waals surface area (Å²) in [4.78, 5) is 10.5. The highest BCUT2D eigenvalue weighted by Crippen LogP contribution is 2.38. The number of hydrogen-bond acceptors (Lipinski definition) is 2. The highest BCUT2D eigenvalue weighted by Gasteiger charge is 2.35. The van der Waals surface area contributed by atoms with Crippen LogP contribution in [0.15, 0.2) is 12.1 Å². The van der Waals surface area contributed by atoms with Gasteiger partial charge in [0.25, 0.3) is 0 Å². The minimum atomic E-state index is -4.56. The van der Waals surface area contributed by atoms with Crippen LogP contribution in [0, 0.1) is 6.92 Å². The van der Waals surface area contributed by atoms with E-state index in [-0.39, 0.29) is 16.9 Å². The average Bonchev–Trinajstić information content (AvgIpc) is 2.14. The van der Waals surface area contributed by atoms with Crippen molar-refractivity contribution in [1.29, 1.82) is 0 Å². The first-order chi connectivity index (χ1) is 7.75. The summed E-state index contributed by atoms with van der Waals surface area (Å²) in [5, 5.41) is 8.57. The van der Waals surface area contributed by atoms with Crippen LogP contribution in [0.1, 0.15) is 16.7 Å². The fourth-order valence-corrected chi connectivity index (χ4v) is 1.61. The number of aryl methyl sites for hydroxylation is 1. The van der Waals surface area contributed by atoms with E-state index < -0.39 is 24.1 Å². The molecular formula is C11H11F3O3. The second-order valence-electron chi connectivity index (χ2n) is 3.56. The van der Waals surface area contributed by atoms with Gasteiger partial charge in [-0.3, -0.25) is 4.79 Å². The van der Waals surface area contributed by atoms with Crippen LogP contribution in [0.4, 0.5) is 13.2 Å². The zero-order valence-corrected chi connectivity index (χ0v) is 9.26. The Morgan fingerprint density at radius 2 is 2.00 bits per heavy atom. The Labute approximate surface area is 95.8 Å². The molecule has 0 amide bonds. The number of alkyl halides is 3. The van der Waals surface area contributed by atoms with Crippen LogP contribution < -0.4 is 4.74 Å². The summed E-state index contributed by atoms with van der Waals surface area (Å²) >= 11 is 0. The first-order valence-corrected chi connectivity index (χ1v) is 4.72. The number of hydrogen-bond donors (Lipinski definition) is 1. The molecule has 1 N–H and O–H groups in total. The van der Waals surface area contributed by atoms with Crippen LogP contribution in [0.25, 0.3) is 0 Å². The zero-order chi connectivity index (χ0) is 13.2. The van der Waals surface area contributed by atoms with Crippen LogP contribution >= 0.6 is 0 Å². The van der Waals surface area contributed by atoms with Gasteiger partial charge in [0.1, 0.15) is 5.75 Å². The molecule has 0 radical (unpaired) electrons. The van der Waals surface area contributed by atoms with Crippen LogP contribution in [0.3, 0.4) is 0 Å². The molecule has 0 aliphatic heterocycles. The first-order valence-electron chi connectivity index (χ1n) is 4.72. The van der Waals surface area contributed by atoms with Crippen molar-refractivity contribution in [1.82, 2.24) is 0 Å². The molecule has 3 nitrogen and oxygen atoms in total. The van der Waals surface area contributed by atoms with Crippen molar-refractivity contribution in [2.24, 2.45) is 0 Å². The number of methoxy groups -OCH3 is 1. The van der Waals surface area contributed by atoms with Gasteiger partial charge in [-0.15, -0.1) is 0 Å². The summed E-state index contributed by atoms with van der Waals surface area (Å²) in [6.07, 6.45) is -5.02. The number of benzene rings is 1. The van der Waals surface area contributed by atoms with Gasteiger partial charge in [-0.1, -0.05) is 6.07 Å². The Kier molecular flexibility index (Phi) is 3.65. The number of rotatable bonds is 3. The topological polar surface area (TPSA) is 46.5 Å². The molecule has 0 unspecified atom stereocenters. The summed E-state index contributed by atoms with van der Waals surface area (Å²) < 4.78 is 42.8. The van der Waals surface area contributed by atoms with Gasteiger partial charge in [0.15, 0.2) is 0 Å². The SMILES string of the molecule is COc1c(C)cc(CC(=O)O)cc1C(F)(F)F. The van der Waals surface area contributed by atoms with Gasteiger partial charge in [0.05, 0.1) is 19.1 Å². The standard InChI is InChI=1S/C11H11F3O3/c1-6-3-7(5-9(15)16)4-8(10(6)17-2)11(12,13)14/h3-4H,5H2,1-2H3,(H,15,16). The molecule has 0 aliphatic carbocycles. The lowest BCUT2D eigenvalue weighted by molar-refractivity contribution is -0.139. The van der Waals surface area contributed by atoms with E-state index in [0.29, 0.717) is 0 Å². The lowest BCUT2D eigenvalue weighted by atomic mass is 10.0. The van der Waals surface area contributed by atoms with Crippen molar-refractivity contribution in [3.05, 3.63) is 28.8 Å². The van der Waals surface area contributed by atoms with Crippen molar-refractivity contribution in [2.75, 3.05) is 7.11 Å². The van der Waals surface area contributed by atoms with Crippen molar-refractivity contribution < 1.29 is 27.8 Å². The lowest BCUT2D eigenvalue weighted by Crippen LogP contribution is -2.11. The minimum Gasteiger partial charge on any atom is -0.496 e. The third kappa shape index (κ3) is 3.12. The molecular weight excluding hydrogens is 237 g/mol. The minimum absolute atomic E-state index is 0.100. The van der Waals surface area contributed by atoms with E-state index in [4.69, 9.17) is 9.84 Å². The highest BCUT2D eigenvalue weighted by molar-refractivity contribution is 5.70. The molecule has 1 rings (SSSR count). The largest absolute Gasteiger partial charge is 0.496 e. The number of carboxylic acid groups (broad SMARTS) is 1. The maximum absolute atomic E-state index is 12.7. The second kappa shape index (κ2) is 4.65. The van der Waals surface area contributed by atoms with Gasteiger partial charge >= 0.3 is 12.1 Å². The van der Waals surface area contributed by atoms with Gasteiger partial charge in [-0.25, -0.2) is 0 Å². The Hall–Kier alpha value is -1.72. The monoisotopic (exact) mass is 248 g/mol. The summed E-state index contributed by atoms with van der Waals surface area (Å²) in [5.74, 6) is -1.45. The Morgan fingerprint density at radius 1 is 1.41 bits per heavy atom. The van der Waals surface area contributed by atoms with E-state index >= 15 is 0 Å². The smallest absolute Gasteiger partial charge is 0.419 e. The molecule has 0 bridgehead atoms. The summed E-state index contributed by atoms with van der Waals surface area (Å²) in [7, 11) is 1.15. The van der Waals surface area contributed by atoms with Gasteiger partial charge < -0.3 is 9.84 Å². The molecule has 0 fully saturated rings. The van der Waals surface area contributed by atoms with Crippen LogP contribution in [-0.4, -0.2) is 18.2 Å². The molecule has 0 spiro atoms. The normalized spacial score (nSPS) is 11.4. The second-order valence-corrected chi connectivity index (χ2v) is 3.56. The third-order valence-corrected chi connectivity index (χ3v) is 2.20. The number of halogens is 3. The Morgan fingerprint density at radius 3 is 2.41 bits per heavy atom. The fraction of sp³-hybridized carbons (Fsp3) is 0.364. The van der Waals surface area contributed by atoms with E-state index in [2.05, 4.69) is 0 Å². The lowest BCUT2D eigenvalue weighted by Gasteiger charge is -2.15. The van der Waals surface area contributed by atoms with E-state index in [1.165, 1.54) is 13.0 Å². The van der Waals surface area contributed by atoms with Crippen molar-refractivity contribution >= 4 is 5.97 Å². The van der Waals surface area contributed by atoms with Crippen molar-refractivity contribution in [3.63, 3.8) is 0 Å². The Bertz CT molecular complexity index is 438. The quantitative estimate of drug-likeness (QED) is 0.894. The molecule has 94 valence electrons. The third-order valence-electron chi connectivity index (χ3n) is 2.20. The number of carbonyl (C=O) groups is 1. The van der Waals surface area contributed by atoms with Crippen LogP contribution in [0.5, 0.6) is 5.75 Å². The molecule has 1 aromatic carbocycles. The van der Waals surface area contributed by atoms with Crippen LogP contribution in [0.2, 0.25) is 0 Å². The van der Waals surface area contributed by atoms with E-state index in [0.717, 1.165) is 13.2 Å². The predicted molar refractivity (Wildman–Crippen MR) is 54.1 cm³/mol. The molecule has 17 heavy (non-hydrogen) atoms. The fourth-order valence-electron chi connectivity index (χ4n) is 1.61. The maximum Gasteiger partial charge on any atom is 0.419 e. The maximum atomic E-state index is 12.7. The molecule has 0 atom stereocenters. The zero-order valence-electron chi connectivity index (χ0n) is 9.26. The molecule has 1 aromatic rings. The van der Waals surface area contributed by atoms with Crippen molar-refractivity contribution in [2.45, 2.75) is 19.5 Å². The molecule has 0 heterocycles. The van der Waals surface area contributed by atoms with E-state index in [1.807, 2.05) is 0 Å². The molecule has 0 aromatic heterocycles. The first kappa shape index (κ1) is 13.3. The van der Waals surface area contributed by atoms with Crippen LogP contribution in [-0.2, 0) is 17.4 Å². The van der Waals surface area contributed by atoms with E-state index in [9.17, 15) is 18.0 Å². The molecule has 6 heteroatoms.